The molecule has 1 aromatic rings. The van der Waals surface area contributed by atoms with Crippen molar-refractivity contribution in [2.24, 2.45) is 0 Å². The Hall–Kier alpha value is -1.11. The number of aliphatic hydroxyl groups excluding tert-OH is 1. The lowest BCUT2D eigenvalue weighted by atomic mass is 10.2. The lowest BCUT2D eigenvalue weighted by Crippen LogP contribution is -2.30. The van der Waals surface area contributed by atoms with E-state index in [1.165, 1.54) is 19.1 Å². The Labute approximate surface area is 95.3 Å². The second-order valence-electron chi connectivity index (χ2n) is 3.78. The van der Waals surface area contributed by atoms with Crippen LogP contribution in [0.3, 0.4) is 0 Å². The number of nitrogen functional groups attached to an aromatic ring is 1. The van der Waals surface area contributed by atoms with Gasteiger partial charge in [0, 0.05) is 12.2 Å². The molecular formula is C10H16N2O3S. The van der Waals surface area contributed by atoms with Gasteiger partial charge in [-0.15, -0.1) is 0 Å². The van der Waals surface area contributed by atoms with Gasteiger partial charge in [0.05, 0.1) is 11.0 Å². The van der Waals surface area contributed by atoms with Gasteiger partial charge in [-0.25, -0.2) is 13.1 Å². The predicted octanol–water partition coefficient (Wildman–Crippen LogP) is 0.236. The molecule has 0 saturated carbocycles. The molecule has 16 heavy (non-hydrogen) atoms. The molecule has 90 valence electrons. The van der Waals surface area contributed by atoms with E-state index in [0.29, 0.717) is 5.69 Å². The molecule has 0 amide bonds. The first kappa shape index (κ1) is 13.0. The standard InChI is InChI=1S/C10H16N2O3S/c1-7-3-9(11)5-10(4-7)16(14,15)12-6-8(2)13/h3-5,8,12-13H,6,11H2,1-2H3. The van der Waals surface area contributed by atoms with Crippen molar-refractivity contribution in [2.45, 2.75) is 24.8 Å². The highest BCUT2D eigenvalue weighted by Gasteiger charge is 2.15. The first-order valence-corrected chi connectivity index (χ1v) is 6.34. The van der Waals surface area contributed by atoms with Crippen LogP contribution in [-0.2, 0) is 10.0 Å². The highest BCUT2D eigenvalue weighted by molar-refractivity contribution is 7.89. The summed E-state index contributed by atoms with van der Waals surface area (Å²) in [6, 6.07) is 4.60. The van der Waals surface area contributed by atoms with Gasteiger partial charge in [-0.05, 0) is 37.6 Å². The number of aliphatic hydroxyl groups is 1. The topological polar surface area (TPSA) is 92.4 Å². The molecule has 4 N–H and O–H groups in total. The van der Waals surface area contributed by atoms with Crippen molar-refractivity contribution in [1.29, 1.82) is 0 Å². The third-order valence-corrected chi connectivity index (χ3v) is 3.36. The van der Waals surface area contributed by atoms with Gasteiger partial charge in [0.2, 0.25) is 10.0 Å². The maximum atomic E-state index is 11.8. The van der Waals surface area contributed by atoms with Gasteiger partial charge in [-0.2, -0.15) is 0 Å². The summed E-state index contributed by atoms with van der Waals surface area (Å²) in [7, 11) is -3.59. The predicted molar refractivity (Wildman–Crippen MR) is 62.5 cm³/mol. The minimum Gasteiger partial charge on any atom is -0.399 e. The zero-order valence-corrected chi connectivity index (χ0v) is 10.1. The normalized spacial score (nSPS) is 13.7. The van der Waals surface area contributed by atoms with E-state index in [9.17, 15) is 8.42 Å². The Morgan fingerprint density at radius 3 is 2.56 bits per heavy atom. The Morgan fingerprint density at radius 2 is 2.06 bits per heavy atom. The van der Waals surface area contributed by atoms with Crippen LogP contribution in [0.15, 0.2) is 23.1 Å². The highest BCUT2D eigenvalue weighted by atomic mass is 32.2. The van der Waals surface area contributed by atoms with Crippen molar-refractivity contribution in [2.75, 3.05) is 12.3 Å². The number of aryl methyl sites for hydroxylation is 1. The molecule has 0 aromatic heterocycles. The zero-order chi connectivity index (χ0) is 12.3. The molecule has 0 radical (unpaired) electrons. The van der Waals surface area contributed by atoms with Gasteiger partial charge >= 0.3 is 0 Å². The summed E-state index contributed by atoms with van der Waals surface area (Å²) in [5.74, 6) is 0. The molecule has 6 heteroatoms. The van der Waals surface area contributed by atoms with Gasteiger partial charge in [0.25, 0.3) is 0 Å². The second kappa shape index (κ2) is 4.82. The molecule has 1 rings (SSSR count). The van der Waals surface area contributed by atoms with Gasteiger partial charge < -0.3 is 10.8 Å². The Kier molecular flexibility index (Phi) is 3.90. The van der Waals surface area contributed by atoms with E-state index in [1.807, 2.05) is 0 Å². The van der Waals surface area contributed by atoms with Crippen molar-refractivity contribution >= 4 is 15.7 Å². The van der Waals surface area contributed by atoms with Gasteiger partial charge in [0.1, 0.15) is 0 Å². The van der Waals surface area contributed by atoms with Gasteiger partial charge in [-0.1, -0.05) is 0 Å². The summed E-state index contributed by atoms with van der Waals surface area (Å²) in [6.07, 6.45) is -0.725. The van der Waals surface area contributed by atoms with Crippen LogP contribution in [0.2, 0.25) is 0 Å². The molecule has 0 saturated heterocycles. The summed E-state index contributed by atoms with van der Waals surface area (Å²) in [6.45, 7) is 3.26. The molecule has 0 bridgehead atoms. The fourth-order valence-electron chi connectivity index (χ4n) is 1.25. The van der Waals surface area contributed by atoms with Crippen LogP contribution in [-0.4, -0.2) is 26.2 Å². The quantitative estimate of drug-likeness (QED) is 0.661. The highest BCUT2D eigenvalue weighted by Crippen LogP contribution is 2.15. The largest absolute Gasteiger partial charge is 0.399 e. The van der Waals surface area contributed by atoms with Crippen LogP contribution in [0, 0.1) is 6.92 Å². The zero-order valence-electron chi connectivity index (χ0n) is 9.27. The number of hydrogen-bond donors (Lipinski definition) is 3. The lowest BCUT2D eigenvalue weighted by molar-refractivity contribution is 0.198. The van der Waals surface area contributed by atoms with Crippen molar-refractivity contribution in [3.8, 4) is 0 Å². The average molecular weight is 244 g/mol. The minimum absolute atomic E-state index is 0.0177. The van der Waals surface area contributed by atoms with E-state index in [4.69, 9.17) is 10.8 Å². The number of benzene rings is 1. The second-order valence-corrected chi connectivity index (χ2v) is 5.55. The lowest BCUT2D eigenvalue weighted by Gasteiger charge is -2.09. The van der Waals surface area contributed by atoms with Crippen LogP contribution < -0.4 is 10.5 Å². The fraction of sp³-hybridized carbons (Fsp3) is 0.400. The van der Waals surface area contributed by atoms with E-state index < -0.39 is 16.1 Å². The maximum Gasteiger partial charge on any atom is 0.240 e. The van der Waals surface area contributed by atoms with E-state index >= 15 is 0 Å². The fourth-order valence-corrected chi connectivity index (χ4v) is 2.50. The molecule has 0 heterocycles. The van der Waals surface area contributed by atoms with E-state index in [1.54, 1.807) is 13.0 Å². The molecule has 1 atom stereocenters. The first-order valence-electron chi connectivity index (χ1n) is 4.86. The Bertz CT molecular complexity index is 449. The van der Waals surface area contributed by atoms with Crippen LogP contribution in [0.5, 0.6) is 0 Å². The number of rotatable bonds is 4. The van der Waals surface area contributed by atoms with E-state index in [-0.39, 0.29) is 11.4 Å². The maximum absolute atomic E-state index is 11.8. The van der Waals surface area contributed by atoms with E-state index in [0.717, 1.165) is 5.56 Å². The number of hydrogen-bond acceptors (Lipinski definition) is 4. The van der Waals surface area contributed by atoms with Crippen LogP contribution in [0.1, 0.15) is 12.5 Å². The SMILES string of the molecule is Cc1cc(N)cc(S(=O)(=O)NCC(C)O)c1. The molecule has 0 aliphatic heterocycles. The molecule has 0 aliphatic carbocycles. The van der Waals surface area contributed by atoms with Crippen LogP contribution in [0.4, 0.5) is 5.69 Å². The number of anilines is 1. The number of sulfonamides is 1. The third kappa shape index (κ3) is 3.48. The molecule has 0 fully saturated rings. The monoisotopic (exact) mass is 244 g/mol. The average Bonchev–Trinajstić information content (AvgIpc) is 2.13. The number of nitrogens with one attached hydrogen (secondary N) is 1. The Balaban J connectivity index is 2.98. The first-order chi connectivity index (χ1) is 7.31. The summed E-state index contributed by atoms with van der Waals surface area (Å²) >= 11 is 0. The van der Waals surface area contributed by atoms with Crippen molar-refractivity contribution in [3.63, 3.8) is 0 Å². The van der Waals surface area contributed by atoms with Crippen molar-refractivity contribution < 1.29 is 13.5 Å². The number of nitrogens with two attached hydrogens (primary N) is 1. The van der Waals surface area contributed by atoms with Gasteiger partial charge in [-0.3, -0.25) is 0 Å². The molecule has 1 unspecified atom stereocenters. The van der Waals surface area contributed by atoms with Crippen molar-refractivity contribution in [1.82, 2.24) is 4.72 Å². The molecule has 0 aliphatic rings. The molecule has 1 aromatic carbocycles. The summed E-state index contributed by atoms with van der Waals surface area (Å²) < 4.78 is 25.8. The summed E-state index contributed by atoms with van der Waals surface area (Å²) in [5.41, 5.74) is 6.75. The third-order valence-electron chi connectivity index (χ3n) is 1.95. The van der Waals surface area contributed by atoms with Crippen LogP contribution >= 0.6 is 0 Å². The van der Waals surface area contributed by atoms with Gasteiger partial charge in [0.15, 0.2) is 0 Å². The smallest absolute Gasteiger partial charge is 0.240 e. The molecule has 5 nitrogen and oxygen atoms in total. The van der Waals surface area contributed by atoms with Crippen LogP contribution in [0.25, 0.3) is 0 Å². The molecular weight excluding hydrogens is 228 g/mol. The van der Waals surface area contributed by atoms with E-state index in [2.05, 4.69) is 4.72 Å². The summed E-state index contributed by atoms with van der Waals surface area (Å²) in [5, 5.41) is 9.02. The minimum atomic E-state index is -3.59. The molecule has 0 spiro atoms. The van der Waals surface area contributed by atoms with Crippen molar-refractivity contribution in [3.05, 3.63) is 23.8 Å². The summed E-state index contributed by atoms with van der Waals surface area (Å²) in [4.78, 5) is 0.116. The Morgan fingerprint density at radius 1 is 1.44 bits per heavy atom.